The van der Waals surface area contributed by atoms with E-state index in [9.17, 15) is 0 Å². The lowest BCUT2D eigenvalue weighted by Gasteiger charge is -2.22. The normalized spacial score (nSPS) is 39.5. The molecule has 0 saturated carbocycles. The Balaban J connectivity index is 2.84. The van der Waals surface area contributed by atoms with Gasteiger partial charge in [-0.25, -0.2) is 0 Å². The SMILES string of the molecule is OC1=CC(Cl)C(O)(Cl)C=C1. The van der Waals surface area contributed by atoms with E-state index < -0.39 is 10.4 Å². The number of hydrogen-bond donors (Lipinski definition) is 2. The summed E-state index contributed by atoms with van der Waals surface area (Å²) in [5, 5.41) is 15.6. The maximum Gasteiger partial charge on any atom is 0.177 e. The second kappa shape index (κ2) is 2.46. The van der Waals surface area contributed by atoms with E-state index in [2.05, 4.69) is 0 Å². The Kier molecular flexibility index (Phi) is 1.95. The first-order valence-electron chi connectivity index (χ1n) is 2.68. The zero-order chi connectivity index (χ0) is 7.78. The van der Waals surface area contributed by atoms with E-state index in [4.69, 9.17) is 33.4 Å². The first kappa shape index (κ1) is 7.92. The summed E-state index contributed by atoms with van der Waals surface area (Å²) in [6.45, 7) is 0. The van der Waals surface area contributed by atoms with Crippen LogP contribution in [0.25, 0.3) is 0 Å². The second-order valence-electron chi connectivity index (χ2n) is 2.05. The van der Waals surface area contributed by atoms with Crippen molar-refractivity contribution in [3.05, 3.63) is 24.0 Å². The predicted octanol–water partition coefficient (Wildman–Crippen LogP) is 1.53. The second-order valence-corrected chi connectivity index (χ2v) is 3.13. The summed E-state index contributed by atoms with van der Waals surface area (Å²) in [5.41, 5.74) is 0. The van der Waals surface area contributed by atoms with Crippen molar-refractivity contribution in [2.75, 3.05) is 0 Å². The van der Waals surface area contributed by atoms with Gasteiger partial charge in [-0.3, -0.25) is 0 Å². The van der Waals surface area contributed by atoms with Crippen molar-refractivity contribution in [3.8, 4) is 0 Å². The molecule has 0 aliphatic heterocycles. The summed E-state index contributed by atoms with van der Waals surface area (Å²) < 4.78 is 0. The Morgan fingerprint density at radius 3 is 2.60 bits per heavy atom. The molecule has 0 aromatic rings. The zero-order valence-electron chi connectivity index (χ0n) is 4.96. The number of rotatable bonds is 0. The summed E-state index contributed by atoms with van der Waals surface area (Å²) in [5.74, 6) is 0.0188. The van der Waals surface area contributed by atoms with Crippen LogP contribution in [0, 0.1) is 0 Å². The summed E-state index contributed by atoms with van der Waals surface area (Å²) in [6, 6.07) is 0. The fraction of sp³-hybridized carbons (Fsp3) is 0.333. The van der Waals surface area contributed by atoms with Gasteiger partial charge in [0, 0.05) is 0 Å². The van der Waals surface area contributed by atoms with Crippen molar-refractivity contribution in [1.29, 1.82) is 0 Å². The van der Waals surface area contributed by atoms with Gasteiger partial charge in [0.15, 0.2) is 5.06 Å². The minimum atomic E-state index is -1.56. The molecule has 0 saturated heterocycles. The molecule has 1 rings (SSSR count). The monoisotopic (exact) mass is 180 g/mol. The van der Waals surface area contributed by atoms with Crippen LogP contribution in [-0.4, -0.2) is 20.7 Å². The lowest BCUT2D eigenvalue weighted by Crippen LogP contribution is -2.30. The number of aliphatic hydroxyl groups excluding tert-OH is 1. The van der Waals surface area contributed by atoms with Gasteiger partial charge in [-0.2, -0.15) is 0 Å². The van der Waals surface area contributed by atoms with Crippen LogP contribution in [0.15, 0.2) is 24.0 Å². The highest BCUT2D eigenvalue weighted by Crippen LogP contribution is 2.28. The molecule has 0 fully saturated rings. The number of hydrogen-bond acceptors (Lipinski definition) is 2. The Hall–Kier alpha value is -0.180. The highest BCUT2D eigenvalue weighted by molar-refractivity contribution is 6.33. The molecule has 0 aromatic heterocycles. The van der Waals surface area contributed by atoms with Crippen LogP contribution in [0.1, 0.15) is 0 Å². The molecule has 1 aliphatic rings. The fourth-order valence-electron chi connectivity index (χ4n) is 0.617. The minimum absolute atomic E-state index is 0.0188. The predicted molar refractivity (Wildman–Crippen MR) is 40.3 cm³/mol. The van der Waals surface area contributed by atoms with Crippen LogP contribution in [0.5, 0.6) is 0 Å². The molecule has 0 spiro atoms. The van der Waals surface area contributed by atoms with Crippen LogP contribution in [-0.2, 0) is 0 Å². The highest BCUT2D eigenvalue weighted by atomic mass is 35.5. The topological polar surface area (TPSA) is 40.5 Å². The number of halogens is 2. The Morgan fingerprint density at radius 1 is 1.60 bits per heavy atom. The molecule has 10 heavy (non-hydrogen) atoms. The third-order valence-electron chi connectivity index (χ3n) is 1.19. The molecule has 0 heterocycles. The van der Waals surface area contributed by atoms with Crippen molar-refractivity contribution in [2.24, 2.45) is 0 Å². The lowest BCUT2D eigenvalue weighted by molar-refractivity contribution is 0.182. The van der Waals surface area contributed by atoms with Gasteiger partial charge in [0.05, 0.1) is 0 Å². The van der Waals surface area contributed by atoms with Crippen LogP contribution in [0.4, 0.5) is 0 Å². The average molecular weight is 181 g/mol. The standard InChI is InChI=1S/C6H6Cl2O2/c7-5-3-4(9)1-2-6(5,8)10/h1-3,5,9-10H. The fourth-order valence-corrected chi connectivity index (χ4v) is 0.944. The van der Waals surface area contributed by atoms with Gasteiger partial charge >= 0.3 is 0 Å². The molecule has 0 bridgehead atoms. The maximum absolute atomic E-state index is 9.15. The van der Waals surface area contributed by atoms with E-state index in [1.807, 2.05) is 0 Å². The van der Waals surface area contributed by atoms with Gasteiger partial charge in [-0.1, -0.05) is 11.6 Å². The molecule has 1 aliphatic carbocycles. The molecule has 2 atom stereocenters. The third kappa shape index (κ3) is 1.45. The van der Waals surface area contributed by atoms with Crippen molar-refractivity contribution in [2.45, 2.75) is 10.4 Å². The first-order chi connectivity index (χ1) is 4.52. The van der Waals surface area contributed by atoms with Crippen LogP contribution < -0.4 is 0 Å². The molecule has 2 unspecified atom stereocenters. The van der Waals surface area contributed by atoms with Gasteiger partial charge < -0.3 is 10.2 Å². The summed E-state index contributed by atoms with van der Waals surface area (Å²) in [6.07, 6.45) is 3.81. The minimum Gasteiger partial charge on any atom is -0.508 e. The smallest absolute Gasteiger partial charge is 0.177 e. The van der Waals surface area contributed by atoms with Crippen molar-refractivity contribution in [1.82, 2.24) is 0 Å². The van der Waals surface area contributed by atoms with E-state index in [-0.39, 0.29) is 5.76 Å². The number of allylic oxidation sites excluding steroid dienone is 1. The number of aliphatic hydroxyl groups is 2. The molecule has 2 nitrogen and oxygen atoms in total. The lowest BCUT2D eigenvalue weighted by atomic mass is 10.1. The van der Waals surface area contributed by atoms with Crippen molar-refractivity contribution >= 4 is 23.2 Å². The molecular formula is C6H6Cl2O2. The Labute approximate surface area is 68.4 Å². The molecule has 4 heteroatoms. The summed E-state index contributed by atoms with van der Waals surface area (Å²) in [7, 11) is 0. The van der Waals surface area contributed by atoms with E-state index >= 15 is 0 Å². The van der Waals surface area contributed by atoms with Crippen LogP contribution >= 0.6 is 23.2 Å². The van der Waals surface area contributed by atoms with Crippen LogP contribution in [0.2, 0.25) is 0 Å². The molecule has 0 amide bonds. The Bertz CT molecular complexity index is 196. The van der Waals surface area contributed by atoms with Gasteiger partial charge in [-0.15, -0.1) is 11.6 Å². The van der Waals surface area contributed by atoms with E-state index in [0.717, 1.165) is 0 Å². The quantitative estimate of drug-likeness (QED) is 0.556. The molecule has 0 radical (unpaired) electrons. The maximum atomic E-state index is 9.15. The van der Waals surface area contributed by atoms with Gasteiger partial charge in [-0.05, 0) is 18.2 Å². The average Bonchev–Trinajstić information content (AvgIpc) is 1.81. The molecule has 0 aromatic carbocycles. The van der Waals surface area contributed by atoms with Gasteiger partial charge in [0.25, 0.3) is 0 Å². The zero-order valence-corrected chi connectivity index (χ0v) is 6.47. The molecule has 56 valence electrons. The van der Waals surface area contributed by atoms with Gasteiger partial charge in [0.1, 0.15) is 11.1 Å². The molecule has 2 N–H and O–H groups in total. The van der Waals surface area contributed by atoms with Gasteiger partial charge in [0.2, 0.25) is 0 Å². The Morgan fingerprint density at radius 2 is 2.20 bits per heavy atom. The first-order valence-corrected chi connectivity index (χ1v) is 3.49. The van der Waals surface area contributed by atoms with E-state index in [0.29, 0.717) is 0 Å². The largest absolute Gasteiger partial charge is 0.508 e. The van der Waals surface area contributed by atoms with E-state index in [1.165, 1.54) is 18.2 Å². The van der Waals surface area contributed by atoms with Crippen molar-refractivity contribution in [3.63, 3.8) is 0 Å². The van der Waals surface area contributed by atoms with Crippen molar-refractivity contribution < 1.29 is 10.2 Å². The number of alkyl halides is 2. The third-order valence-corrected chi connectivity index (χ3v) is 2.12. The summed E-state index contributed by atoms with van der Waals surface area (Å²) >= 11 is 11.0. The molecular weight excluding hydrogens is 175 g/mol. The highest BCUT2D eigenvalue weighted by Gasteiger charge is 2.31. The van der Waals surface area contributed by atoms with Crippen LogP contribution in [0.3, 0.4) is 0 Å². The summed E-state index contributed by atoms with van der Waals surface area (Å²) in [4.78, 5) is 0. The van der Waals surface area contributed by atoms with E-state index in [1.54, 1.807) is 0 Å².